The van der Waals surface area contributed by atoms with Gasteiger partial charge in [0.15, 0.2) is 0 Å². The second-order valence-corrected chi connectivity index (χ2v) is 4.46. The number of unbranched alkanes of at least 4 members (excludes halogenated alkanes) is 4. The number of hydrogen-bond acceptors (Lipinski definition) is 1. The summed E-state index contributed by atoms with van der Waals surface area (Å²) in [6.07, 6.45) is 6.18. The number of ether oxygens (including phenoxy) is 1. The fraction of sp³-hybridized carbons (Fsp3) is 0.600. The fourth-order valence-corrected chi connectivity index (χ4v) is 1.92. The molecule has 0 aliphatic heterocycles. The number of rotatable bonds is 8. The maximum absolute atomic E-state index is 11.9. The van der Waals surface area contributed by atoms with Gasteiger partial charge in [0.05, 0.1) is 7.11 Å². The third kappa shape index (κ3) is 5.22. The molecular formula is C15H23O2. The van der Waals surface area contributed by atoms with Gasteiger partial charge in [0, 0.05) is 0 Å². The van der Waals surface area contributed by atoms with Crippen LogP contribution in [0.5, 0.6) is 5.75 Å². The van der Waals surface area contributed by atoms with Gasteiger partial charge < -0.3 is 4.74 Å². The highest BCUT2D eigenvalue weighted by molar-refractivity contribution is 5.28. The Bertz CT molecular complexity index is 292. The van der Waals surface area contributed by atoms with E-state index in [4.69, 9.17) is 4.74 Å². The van der Waals surface area contributed by atoms with Gasteiger partial charge in [0.2, 0.25) is 0 Å². The van der Waals surface area contributed by atoms with Gasteiger partial charge in [-0.1, -0.05) is 51.2 Å². The standard InChI is InChI=1S/C15H23O2/c1-3-4-5-6-7-8-15(16)13-9-11-14(17-2)12-10-13/h9-12,15H,3-8H2,1-2H3. The summed E-state index contributed by atoms with van der Waals surface area (Å²) in [5, 5.41) is 11.9. The molecule has 0 saturated heterocycles. The van der Waals surface area contributed by atoms with Crippen LogP contribution in [-0.4, -0.2) is 7.11 Å². The topological polar surface area (TPSA) is 29.1 Å². The lowest BCUT2D eigenvalue weighted by Gasteiger charge is -2.09. The van der Waals surface area contributed by atoms with Crippen molar-refractivity contribution in [3.05, 3.63) is 29.8 Å². The summed E-state index contributed by atoms with van der Waals surface area (Å²) in [5.41, 5.74) is 0.876. The quantitative estimate of drug-likeness (QED) is 0.609. The first-order chi connectivity index (χ1) is 8.27. The molecule has 0 bridgehead atoms. The molecule has 0 amide bonds. The van der Waals surface area contributed by atoms with Crippen LogP contribution in [0.1, 0.15) is 57.1 Å². The molecule has 0 N–H and O–H groups in total. The summed E-state index contributed by atoms with van der Waals surface area (Å²) >= 11 is 0. The van der Waals surface area contributed by atoms with Crippen LogP contribution in [0.25, 0.3) is 0 Å². The predicted octanol–water partition coefficient (Wildman–Crippen LogP) is 4.53. The second kappa shape index (κ2) is 8.13. The molecular weight excluding hydrogens is 212 g/mol. The Balaban J connectivity index is 2.28. The van der Waals surface area contributed by atoms with Gasteiger partial charge in [0.25, 0.3) is 0 Å². The van der Waals surface area contributed by atoms with E-state index in [9.17, 15) is 5.11 Å². The van der Waals surface area contributed by atoms with E-state index >= 15 is 0 Å². The Morgan fingerprint density at radius 2 is 1.71 bits per heavy atom. The predicted molar refractivity (Wildman–Crippen MR) is 69.8 cm³/mol. The lowest BCUT2D eigenvalue weighted by atomic mass is 10.0. The Morgan fingerprint density at radius 1 is 1.06 bits per heavy atom. The van der Waals surface area contributed by atoms with Crippen LogP contribution < -0.4 is 4.74 Å². The lowest BCUT2D eigenvalue weighted by Crippen LogP contribution is -1.96. The Labute approximate surface area is 105 Å². The molecule has 1 atom stereocenters. The van der Waals surface area contributed by atoms with Crippen molar-refractivity contribution in [1.82, 2.24) is 0 Å². The Morgan fingerprint density at radius 3 is 2.29 bits per heavy atom. The van der Waals surface area contributed by atoms with E-state index in [2.05, 4.69) is 6.92 Å². The lowest BCUT2D eigenvalue weighted by molar-refractivity contribution is 0.0785. The van der Waals surface area contributed by atoms with Gasteiger partial charge in [-0.25, -0.2) is 5.11 Å². The SMILES string of the molecule is CCCCCCCC([O])c1ccc(OC)cc1. The van der Waals surface area contributed by atoms with Crippen LogP contribution in [0, 0.1) is 0 Å². The number of methoxy groups -OCH3 is 1. The van der Waals surface area contributed by atoms with E-state index in [0.29, 0.717) is 0 Å². The molecule has 1 radical (unpaired) electrons. The highest BCUT2D eigenvalue weighted by Crippen LogP contribution is 2.22. The second-order valence-electron chi connectivity index (χ2n) is 4.46. The van der Waals surface area contributed by atoms with Crippen LogP contribution in [0.15, 0.2) is 24.3 Å². The van der Waals surface area contributed by atoms with Gasteiger partial charge in [-0.2, -0.15) is 0 Å². The average molecular weight is 235 g/mol. The van der Waals surface area contributed by atoms with Gasteiger partial charge in [0.1, 0.15) is 11.9 Å². The summed E-state index contributed by atoms with van der Waals surface area (Å²) in [6.45, 7) is 2.20. The molecule has 0 spiro atoms. The highest BCUT2D eigenvalue weighted by Gasteiger charge is 2.08. The summed E-state index contributed by atoms with van der Waals surface area (Å²) in [6, 6.07) is 7.47. The molecule has 0 aliphatic rings. The molecule has 0 heterocycles. The molecule has 2 nitrogen and oxygen atoms in total. The van der Waals surface area contributed by atoms with E-state index in [1.807, 2.05) is 24.3 Å². The first-order valence-corrected chi connectivity index (χ1v) is 6.57. The minimum absolute atomic E-state index is 0.581. The van der Waals surface area contributed by atoms with Gasteiger partial charge >= 0.3 is 0 Å². The minimum atomic E-state index is -0.581. The Kier molecular flexibility index (Phi) is 6.71. The molecule has 95 valence electrons. The molecule has 17 heavy (non-hydrogen) atoms. The maximum atomic E-state index is 11.9. The van der Waals surface area contributed by atoms with E-state index < -0.39 is 6.10 Å². The van der Waals surface area contributed by atoms with Crippen molar-refractivity contribution in [2.75, 3.05) is 7.11 Å². The molecule has 0 saturated carbocycles. The third-order valence-corrected chi connectivity index (χ3v) is 3.06. The molecule has 1 aromatic carbocycles. The third-order valence-electron chi connectivity index (χ3n) is 3.06. The molecule has 0 fully saturated rings. The van der Waals surface area contributed by atoms with Crippen molar-refractivity contribution in [2.45, 2.75) is 51.6 Å². The van der Waals surface area contributed by atoms with Crippen molar-refractivity contribution in [1.29, 1.82) is 0 Å². The van der Waals surface area contributed by atoms with E-state index in [1.165, 1.54) is 25.7 Å². The zero-order chi connectivity index (χ0) is 12.5. The van der Waals surface area contributed by atoms with Crippen LogP contribution >= 0.6 is 0 Å². The van der Waals surface area contributed by atoms with Gasteiger partial charge in [-0.15, -0.1) is 0 Å². The van der Waals surface area contributed by atoms with Crippen molar-refractivity contribution in [3.63, 3.8) is 0 Å². The average Bonchev–Trinajstić information content (AvgIpc) is 2.38. The van der Waals surface area contributed by atoms with Gasteiger partial charge in [-0.3, -0.25) is 0 Å². The molecule has 1 unspecified atom stereocenters. The zero-order valence-corrected chi connectivity index (χ0v) is 10.9. The largest absolute Gasteiger partial charge is 0.497 e. The van der Waals surface area contributed by atoms with Crippen molar-refractivity contribution in [3.8, 4) is 5.75 Å². The number of benzene rings is 1. The summed E-state index contributed by atoms with van der Waals surface area (Å²) in [5.74, 6) is 0.809. The van der Waals surface area contributed by atoms with Crippen LogP contribution in [0.4, 0.5) is 0 Å². The monoisotopic (exact) mass is 235 g/mol. The molecule has 1 rings (SSSR count). The zero-order valence-electron chi connectivity index (χ0n) is 10.9. The normalized spacial score (nSPS) is 12.4. The van der Waals surface area contributed by atoms with E-state index in [-0.39, 0.29) is 0 Å². The first kappa shape index (κ1) is 14.0. The fourth-order valence-electron chi connectivity index (χ4n) is 1.92. The summed E-state index contributed by atoms with van der Waals surface area (Å²) in [7, 11) is 1.64. The van der Waals surface area contributed by atoms with Crippen molar-refractivity contribution >= 4 is 0 Å². The summed E-state index contributed by atoms with van der Waals surface area (Å²) in [4.78, 5) is 0. The molecule has 2 heteroatoms. The van der Waals surface area contributed by atoms with Gasteiger partial charge in [-0.05, 0) is 24.1 Å². The minimum Gasteiger partial charge on any atom is -0.497 e. The Hall–Kier alpha value is -1.02. The highest BCUT2D eigenvalue weighted by atomic mass is 16.5. The molecule has 0 aliphatic carbocycles. The van der Waals surface area contributed by atoms with E-state index in [1.54, 1.807) is 7.11 Å². The van der Waals surface area contributed by atoms with Crippen molar-refractivity contribution < 1.29 is 9.84 Å². The smallest absolute Gasteiger partial charge is 0.118 e. The van der Waals surface area contributed by atoms with Crippen LogP contribution in [0.3, 0.4) is 0 Å². The maximum Gasteiger partial charge on any atom is 0.118 e. The summed E-state index contributed by atoms with van der Waals surface area (Å²) < 4.78 is 5.07. The van der Waals surface area contributed by atoms with Crippen molar-refractivity contribution in [2.24, 2.45) is 0 Å². The number of hydrogen-bond donors (Lipinski definition) is 0. The van der Waals surface area contributed by atoms with E-state index in [0.717, 1.165) is 24.2 Å². The molecule has 1 aromatic rings. The first-order valence-electron chi connectivity index (χ1n) is 6.57. The van der Waals surface area contributed by atoms with Crippen LogP contribution in [0.2, 0.25) is 0 Å². The molecule has 0 aromatic heterocycles. The van der Waals surface area contributed by atoms with Crippen LogP contribution in [-0.2, 0) is 5.11 Å².